The van der Waals surface area contributed by atoms with Gasteiger partial charge in [0.15, 0.2) is 5.13 Å². The molecule has 1 aromatic heterocycles. The maximum absolute atomic E-state index is 12.2. The van der Waals surface area contributed by atoms with Gasteiger partial charge in [-0.15, -0.1) is 11.3 Å². The van der Waals surface area contributed by atoms with E-state index in [-0.39, 0.29) is 12.0 Å². The van der Waals surface area contributed by atoms with Crippen LogP contribution in [0.1, 0.15) is 39.2 Å². The number of ether oxygens (including phenoxy) is 2. The van der Waals surface area contributed by atoms with Gasteiger partial charge < -0.3 is 14.8 Å². The number of carbonyl (C=O) groups is 1. The maximum Gasteiger partial charge on any atom is 0.226 e. The molecule has 1 heterocycles. The fraction of sp³-hybridized carbons (Fsp3) is 0.333. The zero-order chi connectivity index (χ0) is 21.3. The summed E-state index contributed by atoms with van der Waals surface area (Å²) in [5, 5.41) is 5.42. The van der Waals surface area contributed by atoms with Gasteiger partial charge in [0, 0.05) is 17.4 Å². The van der Waals surface area contributed by atoms with E-state index in [1.54, 1.807) is 0 Å². The first-order chi connectivity index (χ1) is 14.5. The topological polar surface area (TPSA) is 60.5 Å². The van der Waals surface area contributed by atoms with E-state index in [1.165, 1.54) is 16.9 Å². The summed E-state index contributed by atoms with van der Waals surface area (Å²) >= 11 is 1.42. The number of nitrogens with zero attached hydrogens (tertiary/aromatic N) is 1. The van der Waals surface area contributed by atoms with Crippen LogP contribution in [0.5, 0.6) is 11.5 Å². The van der Waals surface area contributed by atoms with Crippen LogP contribution in [0.15, 0.2) is 53.9 Å². The van der Waals surface area contributed by atoms with E-state index in [9.17, 15) is 4.79 Å². The summed E-state index contributed by atoms with van der Waals surface area (Å²) in [5.41, 5.74) is 3.11. The average Bonchev–Trinajstić information content (AvgIpc) is 3.20. The van der Waals surface area contributed by atoms with E-state index in [0.717, 1.165) is 29.2 Å². The van der Waals surface area contributed by atoms with Crippen LogP contribution in [0.2, 0.25) is 0 Å². The van der Waals surface area contributed by atoms with Gasteiger partial charge in [-0.1, -0.05) is 19.1 Å². The normalized spacial score (nSPS) is 10.8. The summed E-state index contributed by atoms with van der Waals surface area (Å²) in [7, 11) is 0. The third-order valence-corrected chi connectivity index (χ3v) is 5.18. The van der Waals surface area contributed by atoms with Gasteiger partial charge in [0.1, 0.15) is 11.5 Å². The third kappa shape index (κ3) is 6.59. The Bertz CT molecular complexity index is 934. The number of thiazole rings is 1. The van der Waals surface area contributed by atoms with Gasteiger partial charge in [-0.25, -0.2) is 4.98 Å². The minimum absolute atomic E-state index is 0.0542. The Hall–Kier alpha value is -2.86. The lowest BCUT2D eigenvalue weighted by Crippen LogP contribution is -2.12. The number of rotatable bonds is 10. The van der Waals surface area contributed by atoms with Gasteiger partial charge in [-0.2, -0.15) is 0 Å². The lowest BCUT2D eigenvalue weighted by molar-refractivity contribution is -0.116. The van der Waals surface area contributed by atoms with Crippen molar-refractivity contribution in [3.63, 3.8) is 0 Å². The molecule has 0 bridgehead atoms. The molecule has 30 heavy (non-hydrogen) atoms. The van der Waals surface area contributed by atoms with E-state index in [2.05, 4.69) is 29.4 Å². The molecule has 6 heteroatoms. The highest BCUT2D eigenvalue weighted by atomic mass is 32.1. The van der Waals surface area contributed by atoms with Gasteiger partial charge >= 0.3 is 0 Å². The first kappa shape index (κ1) is 21.8. The first-order valence-electron chi connectivity index (χ1n) is 10.3. The summed E-state index contributed by atoms with van der Waals surface area (Å²) in [6, 6.07) is 15.9. The predicted molar refractivity (Wildman–Crippen MR) is 122 cm³/mol. The van der Waals surface area contributed by atoms with Crippen LogP contribution in [0, 0.1) is 0 Å². The van der Waals surface area contributed by atoms with Gasteiger partial charge in [0.2, 0.25) is 5.91 Å². The van der Waals surface area contributed by atoms with Crippen molar-refractivity contribution in [2.75, 3.05) is 11.9 Å². The highest BCUT2D eigenvalue weighted by molar-refractivity contribution is 7.14. The SMILES string of the molecule is CCc1ccc(OCCCC(=O)Nc2nc(-c3ccc(OC(C)C)cc3)cs2)cc1. The number of aromatic nitrogens is 1. The van der Waals surface area contributed by atoms with Crippen molar-refractivity contribution >= 4 is 22.4 Å². The Morgan fingerprint density at radius 2 is 1.77 bits per heavy atom. The number of aryl methyl sites for hydroxylation is 1. The molecule has 1 N–H and O–H groups in total. The zero-order valence-corrected chi connectivity index (χ0v) is 18.5. The van der Waals surface area contributed by atoms with Crippen molar-refractivity contribution in [3.05, 3.63) is 59.5 Å². The van der Waals surface area contributed by atoms with Crippen LogP contribution in [0.25, 0.3) is 11.3 Å². The molecule has 0 aliphatic rings. The standard InChI is InChI=1S/C24H28N2O3S/c1-4-18-7-11-20(12-8-18)28-15-5-6-23(27)26-24-25-22(16-30-24)19-9-13-21(14-10-19)29-17(2)3/h7-14,16-17H,4-6,15H2,1-3H3,(H,25,26,27). The Morgan fingerprint density at radius 3 is 2.43 bits per heavy atom. The van der Waals surface area contributed by atoms with Crippen molar-refractivity contribution in [2.45, 2.75) is 46.1 Å². The second kappa shape index (κ2) is 10.8. The molecular weight excluding hydrogens is 396 g/mol. The molecule has 0 spiro atoms. The van der Waals surface area contributed by atoms with Gasteiger partial charge in [-0.3, -0.25) is 4.79 Å². The van der Waals surface area contributed by atoms with Crippen LogP contribution in [0.4, 0.5) is 5.13 Å². The number of anilines is 1. The van der Waals surface area contributed by atoms with E-state index in [1.807, 2.05) is 55.6 Å². The highest BCUT2D eigenvalue weighted by Crippen LogP contribution is 2.27. The number of amides is 1. The van der Waals surface area contributed by atoms with E-state index in [4.69, 9.17) is 9.47 Å². The smallest absolute Gasteiger partial charge is 0.226 e. The molecule has 0 fully saturated rings. The molecule has 0 saturated carbocycles. The molecule has 158 valence electrons. The van der Waals surface area contributed by atoms with Crippen molar-refractivity contribution < 1.29 is 14.3 Å². The lowest BCUT2D eigenvalue weighted by atomic mass is 10.2. The Kier molecular flexibility index (Phi) is 7.85. The molecule has 5 nitrogen and oxygen atoms in total. The van der Waals surface area contributed by atoms with Crippen LogP contribution in [0.3, 0.4) is 0 Å². The van der Waals surface area contributed by atoms with Crippen molar-refractivity contribution in [2.24, 2.45) is 0 Å². The van der Waals surface area contributed by atoms with Gasteiger partial charge in [-0.05, 0) is 68.7 Å². The first-order valence-corrected chi connectivity index (χ1v) is 11.2. The highest BCUT2D eigenvalue weighted by Gasteiger charge is 2.09. The van der Waals surface area contributed by atoms with Crippen LogP contribution in [-0.4, -0.2) is 23.6 Å². The summed E-state index contributed by atoms with van der Waals surface area (Å²) in [6.45, 7) is 6.63. The van der Waals surface area contributed by atoms with Crippen molar-refractivity contribution in [1.29, 1.82) is 0 Å². The number of carbonyl (C=O) groups excluding carboxylic acids is 1. The summed E-state index contributed by atoms with van der Waals surface area (Å²) < 4.78 is 11.4. The van der Waals surface area contributed by atoms with Crippen LogP contribution in [-0.2, 0) is 11.2 Å². The summed E-state index contributed by atoms with van der Waals surface area (Å²) in [6.07, 6.45) is 2.20. The number of nitrogens with one attached hydrogen (secondary N) is 1. The molecule has 0 unspecified atom stereocenters. The fourth-order valence-electron chi connectivity index (χ4n) is 2.87. The van der Waals surface area contributed by atoms with Crippen molar-refractivity contribution in [3.8, 4) is 22.8 Å². The van der Waals surface area contributed by atoms with Crippen LogP contribution < -0.4 is 14.8 Å². The molecular formula is C24H28N2O3S. The molecule has 1 amide bonds. The fourth-order valence-corrected chi connectivity index (χ4v) is 3.60. The second-order valence-corrected chi connectivity index (χ2v) is 8.08. The molecule has 3 rings (SSSR count). The maximum atomic E-state index is 12.2. The molecule has 0 radical (unpaired) electrons. The zero-order valence-electron chi connectivity index (χ0n) is 17.7. The van der Waals surface area contributed by atoms with Crippen molar-refractivity contribution in [1.82, 2.24) is 4.98 Å². The number of hydrogen-bond donors (Lipinski definition) is 1. The molecule has 2 aromatic carbocycles. The molecule has 0 aliphatic heterocycles. The Labute approximate surface area is 182 Å². The lowest BCUT2D eigenvalue weighted by Gasteiger charge is -2.09. The molecule has 0 atom stereocenters. The average molecular weight is 425 g/mol. The quantitative estimate of drug-likeness (QED) is 0.408. The Balaban J connectivity index is 1.43. The monoisotopic (exact) mass is 424 g/mol. The molecule has 0 aliphatic carbocycles. The van der Waals surface area contributed by atoms with E-state index < -0.39 is 0 Å². The third-order valence-electron chi connectivity index (χ3n) is 4.42. The van der Waals surface area contributed by atoms with Crippen LogP contribution >= 0.6 is 11.3 Å². The Morgan fingerprint density at radius 1 is 1.07 bits per heavy atom. The summed E-state index contributed by atoms with van der Waals surface area (Å²) in [5.74, 6) is 1.62. The predicted octanol–water partition coefficient (Wildman–Crippen LogP) is 5.96. The minimum Gasteiger partial charge on any atom is -0.494 e. The summed E-state index contributed by atoms with van der Waals surface area (Å²) in [4.78, 5) is 16.7. The number of hydrogen-bond acceptors (Lipinski definition) is 5. The van der Waals surface area contributed by atoms with Gasteiger partial charge in [0.05, 0.1) is 18.4 Å². The minimum atomic E-state index is -0.0542. The van der Waals surface area contributed by atoms with E-state index >= 15 is 0 Å². The largest absolute Gasteiger partial charge is 0.494 e. The number of benzene rings is 2. The van der Waals surface area contributed by atoms with Gasteiger partial charge in [0.25, 0.3) is 0 Å². The second-order valence-electron chi connectivity index (χ2n) is 7.23. The molecule has 3 aromatic rings. The molecule has 0 saturated heterocycles. The van der Waals surface area contributed by atoms with E-state index in [0.29, 0.717) is 24.6 Å².